The summed E-state index contributed by atoms with van der Waals surface area (Å²) in [5.41, 5.74) is 7.22. The molecule has 1 atom stereocenters. The number of nitrogens with two attached hydrogens (primary N) is 1. The van der Waals surface area contributed by atoms with E-state index in [1.165, 1.54) is 31.3 Å². The lowest BCUT2D eigenvalue weighted by molar-refractivity contribution is -0.137. The van der Waals surface area contributed by atoms with Gasteiger partial charge in [0.2, 0.25) is 5.91 Å². The maximum atomic E-state index is 13.0. The van der Waals surface area contributed by atoms with E-state index in [0.29, 0.717) is 54.4 Å². The monoisotopic (exact) mass is 591 g/mol. The Morgan fingerprint density at radius 2 is 1.86 bits per heavy atom. The number of likely N-dealkylation sites (tertiary alicyclic amines) is 1. The smallest absolute Gasteiger partial charge is 0.383 e. The highest BCUT2D eigenvalue weighted by Crippen LogP contribution is 2.34. The van der Waals surface area contributed by atoms with E-state index in [9.17, 15) is 22.8 Å². The molecule has 2 fully saturated rings. The molecule has 2 aliphatic rings. The van der Waals surface area contributed by atoms with Crippen LogP contribution in [0.4, 0.5) is 24.8 Å². The van der Waals surface area contributed by atoms with Crippen molar-refractivity contribution in [3.05, 3.63) is 72.2 Å². The number of rotatable bonds is 8. The number of amides is 2. The Labute approximate surface area is 244 Å². The third kappa shape index (κ3) is 6.18. The van der Waals surface area contributed by atoms with Crippen LogP contribution in [-0.2, 0) is 11.0 Å². The highest BCUT2D eigenvalue weighted by Gasteiger charge is 2.32. The van der Waals surface area contributed by atoms with Gasteiger partial charge in [-0.05, 0) is 43.5 Å². The van der Waals surface area contributed by atoms with Gasteiger partial charge < -0.3 is 21.3 Å². The summed E-state index contributed by atoms with van der Waals surface area (Å²) in [5, 5.41) is 11.1. The van der Waals surface area contributed by atoms with E-state index in [1.54, 1.807) is 27.8 Å². The first-order valence-electron chi connectivity index (χ1n) is 13.8. The largest absolute Gasteiger partial charge is 0.416 e. The average molecular weight is 592 g/mol. The van der Waals surface area contributed by atoms with Crippen molar-refractivity contribution in [3.63, 3.8) is 0 Å². The number of carbonyl (C=O) groups is 2. The number of nitrogens with one attached hydrogen (secondary N) is 2. The van der Waals surface area contributed by atoms with Gasteiger partial charge in [-0.1, -0.05) is 18.2 Å². The fourth-order valence-corrected chi connectivity index (χ4v) is 5.02. The van der Waals surface area contributed by atoms with E-state index >= 15 is 0 Å². The number of aromatic nitrogens is 5. The van der Waals surface area contributed by atoms with E-state index in [-0.39, 0.29) is 29.1 Å². The van der Waals surface area contributed by atoms with Gasteiger partial charge in [0.05, 0.1) is 17.0 Å². The average Bonchev–Trinajstić information content (AvgIpc) is 3.53. The maximum Gasteiger partial charge on any atom is 0.416 e. The molecular weight excluding hydrogens is 563 g/mol. The standard InChI is InChI=1S/C29H28F3N9O2/c30-29(31,32)19-9-12-35-22(14-19)38-28(43)18-5-3-17(4-6-18)25-24-26(33)36-16-37-27(24)41(39-25)21-10-13-40(15-21)23(42)2-1-11-34-20-7-8-20/h1-6,9,12,14,16,20-21,34H,7-8,10-11,13,15H2,(H2,33,36,37)(H,35,38,43)/b2-1+. The van der Waals surface area contributed by atoms with Crippen molar-refractivity contribution in [2.75, 3.05) is 30.7 Å². The number of hydrogen-bond donors (Lipinski definition) is 3. The van der Waals surface area contributed by atoms with E-state index in [4.69, 9.17) is 10.8 Å². The minimum Gasteiger partial charge on any atom is -0.383 e. The van der Waals surface area contributed by atoms with Crippen molar-refractivity contribution < 1.29 is 22.8 Å². The lowest BCUT2D eigenvalue weighted by Gasteiger charge is -2.15. The van der Waals surface area contributed by atoms with Gasteiger partial charge in [0.1, 0.15) is 23.7 Å². The molecule has 1 aliphatic heterocycles. The second kappa shape index (κ2) is 11.4. The summed E-state index contributed by atoms with van der Waals surface area (Å²) in [5.74, 6) is -0.654. The first-order valence-corrected chi connectivity index (χ1v) is 13.8. The van der Waals surface area contributed by atoms with Crippen LogP contribution in [-0.4, -0.2) is 67.1 Å². The molecule has 0 radical (unpaired) electrons. The summed E-state index contributed by atoms with van der Waals surface area (Å²) < 4.78 is 40.8. The topological polar surface area (TPSA) is 144 Å². The number of alkyl halides is 3. The van der Waals surface area contributed by atoms with Gasteiger partial charge in [-0.3, -0.25) is 9.59 Å². The van der Waals surface area contributed by atoms with E-state index < -0.39 is 17.6 Å². The summed E-state index contributed by atoms with van der Waals surface area (Å²) in [4.78, 5) is 39.6. The molecule has 1 aromatic carbocycles. The number of hydrogen-bond acceptors (Lipinski definition) is 8. The fraction of sp³-hybridized carbons (Fsp3) is 0.310. The van der Waals surface area contributed by atoms with Crippen molar-refractivity contribution >= 4 is 34.5 Å². The van der Waals surface area contributed by atoms with E-state index in [1.807, 2.05) is 6.08 Å². The third-order valence-electron chi connectivity index (χ3n) is 7.45. The molecule has 6 rings (SSSR count). The van der Waals surface area contributed by atoms with Crippen LogP contribution >= 0.6 is 0 Å². The van der Waals surface area contributed by atoms with Gasteiger partial charge in [-0.15, -0.1) is 0 Å². The number of nitrogen functional groups attached to an aromatic ring is 1. The molecule has 14 heteroatoms. The lowest BCUT2D eigenvalue weighted by Crippen LogP contribution is -2.28. The lowest BCUT2D eigenvalue weighted by atomic mass is 10.1. The second-order valence-corrected chi connectivity index (χ2v) is 10.5. The number of anilines is 2. The van der Waals surface area contributed by atoms with Crippen LogP contribution in [0.5, 0.6) is 0 Å². The van der Waals surface area contributed by atoms with Gasteiger partial charge in [0, 0.05) is 49.1 Å². The number of fused-ring (bicyclic) bond motifs is 1. The van der Waals surface area contributed by atoms with Crippen LogP contribution in [0.25, 0.3) is 22.3 Å². The molecule has 1 unspecified atom stereocenters. The van der Waals surface area contributed by atoms with Crippen LogP contribution in [0, 0.1) is 0 Å². The summed E-state index contributed by atoms with van der Waals surface area (Å²) in [7, 11) is 0. The van der Waals surface area contributed by atoms with Gasteiger partial charge in [-0.25, -0.2) is 19.6 Å². The zero-order chi connectivity index (χ0) is 30.1. The third-order valence-corrected chi connectivity index (χ3v) is 7.45. The summed E-state index contributed by atoms with van der Waals surface area (Å²) in [6.45, 7) is 1.70. The highest BCUT2D eigenvalue weighted by atomic mass is 19.4. The molecule has 3 aromatic heterocycles. The van der Waals surface area contributed by atoms with Crippen molar-refractivity contribution in [3.8, 4) is 11.3 Å². The Morgan fingerprint density at radius 3 is 2.60 bits per heavy atom. The van der Waals surface area contributed by atoms with Crippen molar-refractivity contribution in [1.29, 1.82) is 0 Å². The maximum absolute atomic E-state index is 13.0. The molecule has 222 valence electrons. The number of carbonyl (C=O) groups excluding carboxylic acids is 2. The van der Waals surface area contributed by atoms with Crippen LogP contribution in [0.1, 0.15) is 41.2 Å². The number of nitrogens with zero attached hydrogens (tertiary/aromatic N) is 6. The van der Waals surface area contributed by atoms with Crippen LogP contribution < -0.4 is 16.4 Å². The molecular formula is C29H28F3N9O2. The van der Waals surface area contributed by atoms with Crippen LogP contribution in [0.3, 0.4) is 0 Å². The first-order chi connectivity index (χ1) is 20.7. The van der Waals surface area contributed by atoms with Crippen molar-refractivity contribution in [2.24, 2.45) is 0 Å². The van der Waals surface area contributed by atoms with Gasteiger partial charge in [0.25, 0.3) is 5.91 Å². The summed E-state index contributed by atoms with van der Waals surface area (Å²) >= 11 is 0. The zero-order valence-electron chi connectivity index (χ0n) is 22.9. The zero-order valence-corrected chi connectivity index (χ0v) is 22.9. The number of benzene rings is 1. The Bertz CT molecular complexity index is 1700. The van der Waals surface area contributed by atoms with Crippen molar-refractivity contribution in [1.82, 2.24) is 34.9 Å². The predicted octanol–water partition coefficient (Wildman–Crippen LogP) is 3.82. The molecule has 2 amide bonds. The summed E-state index contributed by atoms with van der Waals surface area (Å²) in [6.07, 6.45) is 4.30. The molecule has 1 saturated heterocycles. The van der Waals surface area contributed by atoms with Crippen molar-refractivity contribution in [2.45, 2.75) is 37.5 Å². The Hall–Kier alpha value is -4.85. The highest BCUT2D eigenvalue weighted by molar-refractivity contribution is 6.04. The molecule has 11 nitrogen and oxygen atoms in total. The molecule has 4 N–H and O–H groups in total. The Kier molecular flexibility index (Phi) is 7.52. The molecule has 1 aliphatic carbocycles. The van der Waals surface area contributed by atoms with E-state index in [0.717, 1.165) is 18.3 Å². The summed E-state index contributed by atoms with van der Waals surface area (Å²) in [6, 6.07) is 8.44. The number of pyridine rings is 1. The predicted molar refractivity (Wildman–Crippen MR) is 153 cm³/mol. The SMILES string of the molecule is Nc1ncnc2c1c(-c1ccc(C(=O)Nc3cc(C(F)(F)F)ccn3)cc1)nn2C1CCN(C(=O)/C=C/CNC2CC2)C1. The molecule has 4 aromatic rings. The van der Waals surface area contributed by atoms with Gasteiger partial charge in [0.15, 0.2) is 5.65 Å². The quantitative estimate of drug-likeness (QED) is 0.263. The Balaban J connectivity index is 1.19. The normalized spacial score (nSPS) is 17.2. The molecule has 0 bridgehead atoms. The molecule has 0 spiro atoms. The molecule has 1 saturated carbocycles. The minimum atomic E-state index is -4.56. The minimum absolute atomic E-state index is 0.0554. The van der Waals surface area contributed by atoms with E-state index in [2.05, 4.69) is 25.6 Å². The number of halogens is 3. The van der Waals surface area contributed by atoms with Gasteiger partial charge >= 0.3 is 6.18 Å². The van der Waals surface area contributed by atoms with Crippen LogP contribution in [0.2, 0.25) is 0 Å². The molecule has 43 heavy (non-hydrogen) atoms. The second-order valence-electron chi connectivity index (χ2n) is 10.5. The molecule has 4 heterocycles. The Morgan fingerprint density at radius 1 is 1.07 bits per heavy atom. The fourth-order valence-electron chi connectivity index (χ4n) is 5.02. The van der Waals surface area contributed by atoms with Crippen LogP contribution in [0.15, 0.2) is 61.1 Å². The first kappa shape index (κ1) is 28.3. The van der Waals surface area contributed by atoms with Gasteiger partial charge in [-0.2, -0.15) is 18.3 Å².